The van der Waals surface area contributed by atoms with Crippen molar-refractivity contribution in [2.45, 2.75) is 18.1 Å². The number of hydrogen-bond acceptors (Lipinski definition) is 4. The molecule has 0 radical (unpaired) electrons. The zero-order valence-electron chi connectivity index (χ0n) is 9.05. The van der Waals surface area contributed by atoms with Crippen molar-refractivity contribution in [3.63, 3.8) is 0 Å². The molecule has 0 bridgehead atoms. The zero-order valence-corrected chi connectivity index (χ0v) is 9.86. The summed E-state index contributed by atoms with van der Waals surface area (Å²) in [4.78, 5) is 3.62. The molecule has 0 fully saturated rings. The first-order chi connectivity index (χ1) is 7.87. The summed E-state index contributed by atoms with van der Waals surface area (Å²) in [5.74, 6) is 0. The summed E-state index contributed by atoms with van der Waals surface area (Å²) in [5, 5.41) is 8.44. The standard InChI is InChI=1S/C9H12F2N2O3S/c1-13(5-8(10)11)17(15,16)9-3-2-7(6-14)4-12-9/h2-4,8,14H,5-6H2,1H3. The minimum atomic E-state index is -4.00. The molecule has 5 nitrogen and oxygen atoms in total. The lowest BCUT2D eigenvalue weighted by atomic mass is 10.3. The molecule has 0 unspecified atom stereocenters. The van der Waals surface area contributed by atoms with E-state index in [9.17, 15) is 17.2 Å². The van der Waals surface area contributed by atoms with Crippen molar-refractivity contribution in [1.29, 1.82) is 0 Å². The summed E-state index contributed by atoms with van der Waals surface area (Å²) in [6.07, 6.45) is -1.56. The van der Waals surface area contributed by atoms with E-state index in [0.29, 0.717) is 9.87 Å². The molecule has 0 saturated carbocycles. The second kappa shape index (κ2) is 5.48. The molecular weight excluding hydrogens is 254 g/mol. The lowest BCUT2D eigenvalue weighted by Crippen LogP contribution is -2.31. The van der Waals surface area contributed by atoms with Crippen molar-refractivity contribution in [2.24, 2.45) is 0 Å². The van der Waals surface area contributed by atoms with Gasteiger partial charge in [0.05, 0.1) is 13.2 Å². The van der Waals surface area contributed by atoms with Crippen molar-refractivity contribution in [3.8, 4) is 0 Å². The summed E-state index contributed by atoms with van der Waals surface area (Å²) in [5.41, 5.74) is 0.445. The van der Waals surface area contributed by atoms with Crippen LogP contribution in [-0.4, -0.2) is 42.8 Å². The summed E-state index contributed by atoms with van der Waals surface area (Å²) < 4.78 is 48.2. The van der Waals surface area contributed by atoms with Crippen LogP contribution in [0.2, 0.25) is 0 Å². The van der Waals surface area contributed by atoms with Gasteiger partial charge < -0.3 is 5.11 Å². The maximum atomic E-state index is 12.1. The van der Waals surface area contributed by atoms with Gasteiger partial charge in [0.1, 0.15) is 0 Å². The molecular formula is C9H12F2N2O3S. The summed E-state index contributed by atoms with van der Waals surface area (Å²) in [6.45, 7) is -1.15. The average Bonchev–Trinajstić information content (AvgIpc) is 2.28. The van der Waals surface area contributed by atoms with E-state index in [1.54, 1.807) is 0 Å². The number of alkyl halides is 2. The fourth-order valence-corrected chi connectivity index (χ4v) is 2.16. The predicted molar refractivity (Wildman–Crippen MR) is 56.0 cm³/mol. The van der Waals surface area contributed by atoms with Crippen LogP contribution in [-0.2, 0) is 16.6 Å². The third-order valence-electron chi connectivity index (χ3n) is 2.05. The highest BCUT2D eigenvalue weighted by atomic mass is 32.2. The summed E-state index contributed by atoms with van der Waals surface area (Å²) >= 11 is 0. The molecule has 1 heterocycles. The molecule has 0 aliphatic heterocycles. The van der Waals surface area contributed by atoms with Crippen LogP contribution < -0.4 is 0 Å². The largest absolute Gasteiger partial charge is 0.392 e. The Morgan fingerprint density at radius 1 is 1.47 bits per heavy atom. The molecule has 1 aromatic rings. The van der Waals surface area contributed by atoms with Crippen LogP contribution in [0.15, 0.2) is 23.4 Å². The smallest absolute Gasteiger partial charge is 0.260 e. The highest BCUT2D eigenvalue weighted by molar-refractivity contribution is 7.89. The first-order valence-electron chi connectivity index (χ1n) is 4.68. The SMILES string of the molecule is CN(CC(F)F)S(=O)(=O)c1ccc(CO)cn1. The number of pyridine rings is 1. The molecule has 17 heavy (non-hydrogen) atoms. The van der Waals surface area contributed by atoms with Crippen LogP contribution in [0, 0.1) is 0 Å². The summed E-state index contributed by atoms with van der Waals surface area (Å²) in [7, 11) is -2.94. The molecule has 0 amide bonds. The van der Waals surface area contributed by atoms with E-state index in [0.717, 1.165) is 7.05 Å². The second-order valence-electron chi connectivity index (χ2n) is 3.34. The van der Waals surface area contributed by atoms with E-state index in [-0.39, 0.29) is 11.6 Å². The molecule has 0 aromatic carbocycles. The Kier molecular flexibility index (Phi) is 4.49. The molecule has 8 heteroatoms. The number of aliphatic hydroxyl groups is 1. The van der Waals surface area contributed by atoms with Crippen LogP contribution in [0.1, 0.15) is 5.56 Å². The number of aliphatic hydroxyl groups excluding tert-OH is 1. The first kappa shape index (κ1) is 13.9. The van der Waals surface area contributed by atoms with E-state index >= 15 is 0 Å². The number of nitrogens with zero attached hydrogens (tertiary/aromatic N) is 2. The van der Waals surface area contributed by atoms with Gasteiger partial charge >= 0.3 is 0 Å². The van der Waals surface area contributed by atoms with E-state index < -0.39 is 23.0 Å². The third-order valence-corrected chi connectivity index (χ3v) is 3.79. The highest BCUT2D eigenvalue weighted by Crippen LogP contribution is 2.13. The molecule has 0 spiro atoms. The molecule has 0 aliphatic rings. The zero-order chi connectivity index (χ0) is 13.1. The predicted octanol–water partition coefficient (Wildman–Crippen LogP) is 0.460. The number of sulfonamides is 1. The van der Waals surface area contributed by atoms with Gasteiger partial charge in [-0.25, -0.2) is 22.2 Å². The fraction of sp³-hybridized carbons (Fsp3) is 0.444. The third kappa shape index (κ3) is 3.42. The average molecular weight is 266 g/mol. The van der Waals surface area contributed by atoms with E-state index in [1.807, 2.05) is 0 Å². The molecule has 96 valence electrons. The van der Waals surface area contributed by atoms with Gasteiger partial charge in [-0.3, -0.25) is 0 Å². The fourth-order valence-electron chi connectivity index (χ4n) is 1.11. The molecule has 1 rings (SSSR count). The highest BCUT2D eigenvalue weighted by Gasteiger charge is 2.24. The number of hydrogen-bond donors (Lipinski definition) is 1. The molecule has 0 aliphatic carbocycles. The summed E-state index contributed by atoms with van der Waals surface area (Å²) in [6, 6.07) is 2.54. The van der Waals surface area contributed by atoms with Crippen LogP contribution in [0.5, 0.6) is 0 Å². The van der Waals surface area contributed by atoms with E-state index in [2.05, 4.69) is 4.98 Å². The monoisotopic (exact) mass is 266 g/mol. The molecule has 0 saturated heterocycles. The normalized spacial score (nSPS) is 12.4. The number of aromatic nitrogens is 1. The van der Waals surface area contributed by atoms with Crippen LogP contribution in [0.25, 0.3) is 0 Å². The lowest BCUT2D eigenvalue weighted by molar-refractivity contribution is 0.126. The van der Waals surface area contributed by atoms with Gasteiger partial charge in [-0.05, 0) is 11.6 Å². The maximum absolute atomic E-state index is 12.1. The second-order valence-corrected chi connectivity index (χ2v) is 5.33. The minimum Gasteiger partial charge on any atom is -0.392 e. The van der Waals surface area contributed by atoms with Crippen molar-refractivity contribution >= 4 is 10.0 Å². The molecule has 1 N–H and O–H groups in total. The number of halogens is 2. The Hall–Kier alpha value is -1.12. The maximum Gasteiger partial charge on any atom is 0.260 e. The van der Waals surface area contributed by atoms with Gasteiger partial charge in [0.15, 0.2) is 5.03 Å². The van der Waals surface area contributed by atoms with Crippen LogP contribution in [0.3, 0.4) is 0 Å². The quantitative estimate of drug-likeness (QED) is 0.840. The Balaban J connectivity index is 2.96. The van der Waals surface area contributed by atoms with Gasteiger partial charge in [0.2, 0.25) is 0 Å². The Morgan fingerprint density at radius 2 is 2.12 bits per heavy atom. The van der Waals surface area contributed by atoms with E-state index in [1.165, 1.54) is 18.3 Å². The van der Waals surface area contributed by atoms with E-state index in [4.69, 9.17) is 5.11 Å². The molecule has 1 aromatic heterocycles. The minimum absolute atomic E-state index is 0.264. The van der Waals surface area contributed by atoms with Gasteiger partial charge in [0, 0.05) is 13.2 Å². The Morgan fingerprint density at radius 3 is 2.53 bits per heavy atom. The van der Waals surface area contributed by atoms with Crippen molar-refractivity contribution in [1.82, 2.24) is 9.29 Å². The van der Waals surface area contributed by atoms with Crippen molar-refractivity contribution < 1.29 is 22.3 Å². The van der Waals surface area contributed by atoms with Gasteiger partial charge in [-0.2, -0.15) is 4.31 Å². The van der Waals surface area contributed by atoms with Gasteiger partial charge in [-0.15, -0.1) is 0 Å². The van der Waals surface area contributed by atoms with Gasteiger partial charge in [-0.1, -0.05) is 6.07 Å². The number of rotatable bonds is 5. The van der Waals surface area contributed by atoms with Crippen molar-refractivity contribution in [2.75, 3.05) is 13.6 Å². The topological polar surface area (TPSA) is 70.5 Å². The first-order valence-corrected chi connectivity index (χ1v) is 6.12. The lowest BCUT2D eigenvalue weighted by Gasteiger charge is -2.15. The van der Waals surface area contributed by atoms with Crippen molar-refractivity contribution in [3.05, 3.63) is 23.9 Å². The Labute approximate surface area is 97.8 Å². The Bertz CT molecular complexity index is 462. The van der Waals surface area contributed by atoms with Crippen LogP contribution in [0.4, 0.5) is 8.78 Å². The van der Waals surface area contributed by atoms with Crippen LogP contribution >= 0.6 is 0 Å². The van der Waals surface area contributed by atoms with Gasteiger partial charge in [0.25, 0.3) is 16.4 Å². The molecule has 0 atom stereocenters.